The summed E-state index contributed by atoms with van der Waals surface area (Å²) in [6.07, 6.45) is 3.05. The molecule has 0 radical (unpaired) electrons. The van der Waals surface area contributed by atoms with Crippen LogP contribution in [-0.2, 0) is 6.54 Å². The van der Waals surface area contributed by atoms with Crippen LogP contribution in [0.1, 0.15) is 38.1 Å². The van der Waals surface area contributed by atoms with Gasteiger partial charge in [-0.25, -0.2) is 14.6 Å². The Balaban J connectivity index is 1.81. The fraction of sp³-hybridized carbons (Fsp3) is 0.400. The zero-order valence-corrected chi connectivity index (χ0v) is 17.7. The summed E-state index contributed by atoms with van der Waals surface area (Å²) >= 11 is 6.06. The van der Waals surface area contributed by atoms with Crippen LogP contribution in [0.2, 0.25) is 5.02 Å². The standard InChI is InChI=1S/C20H25ClN6O2/c1-12(2)26(13(3)4)7-8-27-19-16(10-24-27)18(22-11-23-19)25-20(29)15-6-5-14(28)9-17(15)21/h5-6,9-13,28H,7-8H2,1-4H3,(H,22,23,25,29). The number of anilines is 1. The van der Waals surface area contributed by atoms with Crippen LogP contribution in [0.5, 0.6) is 5.75 Å². The normalized spacial score (nSPS) is 11.7. The molecule has 0 bridgehead atoms. The SMILES string of the molecule is CC(C)N(CCn1ncc2c(NC(=O)c3ccc(O)cc3Cl)ncnc21)C(C)C. The predicted molar refractivity (Wildman–Crippen MR) is 113 cm³/mol. The van der Waals surface area contributed by atoms with Crippen molar-refractivity contribution in [2.45, 2.75) is 46.3 Å². The van der Waals surface area contributed by atoms with E-state index in [1.54, 1.807) is 6.20 Å². The third-order valence-electron chi connectivity index (χ3n) is 4.76. The number of benzene rings is 1. The molecule has 0 aliphatic carbocycles. The molecule has 29 heavy (non-hydrogen) atoms. The lowest BCUT2D eigenvalue weighted by atomic mass is 10.2. The number of nitrogens with zero attached hydrogens (tertiary/aromatic N) is 5. The van der Waals surface area contributed by atoms with Crippen LogP contribution in [0.25, 0.3) is 11.0 Å². The van der Waals surface area contributed by atoms with E-state index in [1.807, 2.05) is 4.68 Å². The molecule has 8 nitrogen and oxygen atoms in total. The van der Waals surface area contributed by atoms with Gasteiger partial charge in [0.15, 0.2) is 5.65 Å². The van der Waals surface area contributed by atoms with Gasteiger partial charge < -0.3 is 10.4 Å². The maximum Gasteiger partial charge on any atom is 0.258 e. The van der Waals surface area contributed by atoms with Crippen LogP contribution < -0.4 is 5.32 Å². The number of carbonyl (C=O) groups is 1. The molecule has 154 valence electrons. The Kier molecular flexibility index (Phi) is 6.34. The highest BCUT2D eigenvalue weighted by Gasteiger charge is 2.17. The van der Waals surface area contributed by atoms with Crippen LogP contribution in [-0.4, -0.2) is 54.3 Å². The molecule has 0 atom stereocenters. The second kappa shape index (κ2) is 8.75. The van der Waals surface area contributed by atoms with Crippen molar-refractivity contribution in [3.63, 3.8) is 0 Å². The van der Waals surface area contributed by atoms with Gasteiger partial charge in [0.1, 0.15) is 17.9 Å². The second-order valence-corrected chi connectivity index (χ2v) is 7.78. The highest BCUT2D eigenvalue weighted by molar-refractivity contribution is 6.34. The smallest absolute Gasteiger partial charge is 0.258 e. The molecule has 2 N–H and O–H groups in total. The zero-order valence-electron chi connectivity index (χ0n) is 16.9. The van der Waals surface area contributed by atoms with E-state index in [1.165, 1.54) is 24.5 Å². The number of aromatic nitrogens is 4. The molecule has 3 aromatic rings. The van der Waals surface area contributed by atoms with Crippen LogP contribution in [0, 0.1) is 0 Å². The molecule has 0 aliphatic heterocycles. The molecule has 2 heterocycles. The van der Waals surface area contributed by atoms with Gasteiger partial charge in [0.05, 0.1) is 28.7 Å². The van der Waals surface area contributed by atoms with Gasteiger partial charge in [-0.2, -0.15) is 5.10 Å². The van der Waals surface area contributed by atoms with Crippen molar-refractivity contribution in [3.05, 3.63) is 41.3 Å². The van der Waals surface area contributed by atoms with Gasteiger partial charge in [-0.3, -0.25) is 9.69 Å². The average Bonchev–Trinajstić information content (AvgIpc) is 3.05. The lowest BCUT2D eigenvalue weighted by Crippen LogP contribution is -2.39. The van der Waals surface area contributed by atoms with Crippen LogP contribution >= 0.6 is 11.6 Å². The number of hydrogen-bond donors (Lipinski definition) is 2. The molecular formula is C20H25ClN6O2. The number of fused-ring (bicyclic) bond motifs is 1. The van der Waals surface area contributed by atoms with Crippen molar-refractivity contribution in [2.24, 2.45) is 0 Å². The van der Waals surface area contributed by atoms with Crippen LogP contribution in [0.4, 0.5) is 5.82 Å². The maximum atomic E-state index is 12.6. The fourth-order valence-corrected chi connectivity index (χ4v) is 3.60. The Hall–Kier alpha value is -2.71. The van der Waals surface area contributed by atoms with Gasteiger partial charge in [0.25, 0.3) is 5.91 Å². The summed E-state index contributed by atoms with van der Waals surface area (Å²) in [5, 5.41) is 17.5. The summed E-state index contributed by atoms with van der Waals surface area (Å²) in [7, 11) is 0. The molecule has 9 heteroatoms. The van der Waals surface area contributed by atoms with Crippen LogP contribution in [0.3, 0.4) is 0 Å². The van der Waals surface area contributed by atoms with Crippen molar-refractivity contribution in [2.75, 3.05) is 11.9 Å². The molecule has 1 aromatic carbocycles. The van der Waals surface area contributed by atoms with E-state index in [-0.39, 0.29) is 16.3 Å². The first-order valence-corrected chi connectivity index (χ1v) is 9.88. The summed E-state index contributed by atoms with van der Waals surface area (Å²) in [4.78, 5) is 23.5. The highest BCUT2D eigenvalue weighted by Crippen LogP contribution is 2.24. The number of amides is 1. The van der Waals surface area contributed by atoms with Crippen molar-refractivity contribution in [1.82, 2.24) is 24.6 Å². The molecule has 2 aromatic heterocycles. The monoisotopic (exact) mass is 416 g/mol. The average molecular weight is 417 g/mol. The summed E-state index contributed by atoms with van der Waals surface area (Å²) in [6.45, 7) is 10.2. The summed E-state index contributed by atoms with van der Waals surface area (Å²) in [5.41, 5.74) is 0.896. The second-order valence-electron chi connectivity index (χ2n) is 7.37. The number of rotatable bonds is 7. The summed E-state index contributed by atoms with van der Waals surface area (Å²) < 4.78 is 1.82. The van der Waals surface area contributed by atoms with Crippen molar-refractivity contribution < 1.29 is 9.90 Å². The first-order valence-electron chi connectivity index (χ1n) is 9.50. The quantitative estimate of drug-likeness (QED) is 0.611. The number of phenolic OH excluding ortho intramolecular Hbond substituents is 1. The largest absolute Gasteiger partial charge is 0.508 e. The van der Waals surface area contributed by atoms with Gasteiger partial charge in [-0.1, -0.05) is 11.6 Å². The van der Waals surface area contributed by atoms with Crippen molar-refractivity contribution in [3.8, 4) is 5.75 Å². The molecular weight excluding hydrogens is 392 g/mol. The molecule has 0 aliphatic rings. The first kappa shape index (κ1) is 21.0. The third kappa shape index (κ3) is 4.65. The molecule has 0 fully saturated rings. The lowest BCUT2D eigenvalue weighted by molar-refractivity contribution is 0.102. The Labute approximate surface area is 174 Å². The topological polar surface area (TPSA) is 96.2 Å². The molecule has 0 saturated heterocycles. The van der Waals surface area contributed by atoms with E-state index in [9.17, 15) is 9.90 Å². The van der Waals surface area contributed by atoms with Crippen molar-refractivity contribution in [1.29, 1.82) is 0 Å². The van der Waals surface area contributed by atoms with Crippen LogP contribution in [0.15, 0.2) is 30.7 Å². The minimum absolute atomic E-state index is 0.00547. The minimum atomic E-state index is -0.423. The number of carbonyl (C=O) groups excluding carboxylic acids is 1. The summed E-state index contributed by atoms with van der Waals surface area (Å²) in [5.74, 6) is -0.0670. The number of nitrogens with one attached hydrogen (secondary N) is 1. The highest BCUT2D eigenvalue weighted by atomic mass is 35.5. The Bertz CT molecular complexity index is 1010. The first-order chi connectivity index (χ1) is 13.8. The fourth-order valence-electron chi connectivity index (χ4n) is 3.34. The summed E-state index contributed by atoms with van der Waals surface area (Å²) in [6, 6.07) is 5.04. The number of aromatic hydroxyl groups is 1. The zero-order chi connectivity index (χ0) is 21.1. The predicted octanol–water partition coefficient (Wildman–Crippen LogP) is 3.56. The molecule has 3 rings (SSSR count). The van der Waals surface area contributed by atoms with E-state index >= 15 is 0 Å². The van der Waals surface area contributed by atoms with E-state index in [0.717, 1.165) is 6.54 Å². The lowest BCUT2D eigenvalue weighted by Gasteiger charge is -2.30. The number of phenols is 1. The van der Waals surface area contributed by atoms with Gasteiger partial charge in [0.2, 0.25) is 0 Å². The molecule has 0 saturated carbocycles. The van der Waals surface area contributed by atoms with Gasteiger partial charge in [-0.05, 0) is 45.9 Å². The Morgan fingerprint density at radius 2 is 1.97 bits per heavy atom. The number of halogens is 1. The van der Waals surface area contributed by atoms with Crippen molar-refractivity contribution >= 4 is 34.4 Å². The minimum Gasteiger partial charge on any atom is -0.508 e. The number of hydrogen-bond acceptors (Lipinski definition) is 6. The van der Waals surface area contributed by atoms with Gasteiger partial charge in [0, 0.05) is 18.6 Å². The van der Waals surface area contributed by atoms with E-state index in [4.69, 9.17) is 11.6 Å². The molecule has 1 amide bonds. The van der Waals surface area contributed by atoms with Gasteiger partial charge >= 0.3 is 0 Å². The molecule has 0 spiro atoms. The van der Waals surface area contributed by atoms with E-state index < -0.39 is 5.91 Å². The maximum absolute atomic E-state index is 12.6. The van der Waals surface area contributed by atoms with E-state index in [0.29, 0.717) is 35.5 Å². The van der Waals surface area contributed by atoms with Gasteiger partial charge in [-0.15, -0.1) is 0 Å². The Morgan fingerprint density at radius 1 is 1.24 bits per heavy atom. The van der Waals surface area contributed by atoms with E-state index in [2.05, 4.69) is 53.0 Å². The molecule has 0 unspecified atom stereocenters. The Morgan fingerprint density at radius 3 is 2.62 bits per heavy atom. The third-order valence-corrected chi connectivity index (χ3v) is 5.07.